The van der Waals surface area contributed by atoms with Crippen LogP contribution in [0.2, 0.25) is 0 Å². The van der Waals surface area contributed by atoms with Crippen molar-refractivity contribution in [3.8, 4) is 0 Å². The topological polar surface area (TPSA) is 80.0 Å². The second kappa shape index (κ2) is 7.45. The van der Waals surface area contributed by atoms with E-state index in [1.807, 2.05) is 31.2 Å². The number of carbonyl (C=O) groups is 1. The van der Waals surface area contributed by atoms with E-state index in [1.54, 1.807) is 19.3 Å². The molecule has 4 N–H and O–H groups in total. The van der Waals surface area contributed by atoms with Gasteiger partial charge in [-0.3, -0.25) is 4.79 Å². The second-order valence-corrected chi connectivity index (χ2v) is 5.23. The van der Waals surface area contributed by atoms with E-state index in [0.29, 0.717) is 11.4 Å². The number of rotatable bonds is 5. The van der Waals surface area contributed by atoms with Gasteiger partial charge in [0, 0.05) is 24.9 Å². The van der Waals surface area contributed by atoms with Crippen molar-refractivity contribution < 1.29 is 4.79 Å². The number of hydrogen-bond donors (Lipinski definition) is 3. The van der Waals surface area contributed by atoms with Gasteiger partial charge in [0.2, 0.25) is 5.91 Å². The number of nitrogens with two attached hydrogens (primary N) is 1. The van der Waals surface area contributed by atoms with Gasteiger partial charge >= 0.3 is 0 Å². The average molecular weight is 310 g/mol. The van der Waals surface area contributed by atoms with Crippen LogP contribution in [0.25, 0.3) is 6.08 Å². The zero-order valence-corrected chi connectivity index (χ0v) is 13.7. The molecule has 1 amide bonds. The van der Waals surface area contributed by atoms with E-state index in [1.165, 1.54) is 11.6 Å². The highest BCUT2D eigenvalue weighted by molar-refractivity contribution is 6.04. The molecular weight excluding hydrogens is 288 g/mol. The largest absolute Gasteiger partial charge is 0.397 e. The van der Waals surface area contributed by atoms with Crippen LogP contribution >= 0.6 is 0 Å². The zero-order chi connectivity index (χ0) is 16.8. The van der Waals surface area contributed by atoms with Gasteiger partial charge in [-0.1, -0.05) is 6.92 Å². The number of nitrogen functional groups attached to an aromatic ring is 1. The Bertz CT molecular complexity index is 738. The molecule has 5 nitrogen and oxygen atoms in total. The van der Waals surface area contributed by atoms with Crippen LogP contribution < -0.4 is 16.4 Å². The number of anilines is 3. The lowest BCUT2D eigenvalue weighted by atomic mass is 10.0. The molecule has 0 aliphatic rings. The number of aromatic nitrogens is 1. The molecule has 0 aliphatic heterocycles. The van der Waals surface area contributed by atoms with Gasteiger partial charge < -0.3 is 16.4 Å². The average Bonchev–Trinajstić information content (AvgIpc) is 2.55. The summed E-state index contributed by atoms with van der Waals surface area (Å²) in [5, 5.41) is 5.81. The van der Waals surface area contributed by atoms with Gasteiger partial charge in [-0.2, -0.15) is 0 Å². The maximum absolute atomic E-state index is 12.1. The predicted octanol–water partition coefficient (Wildman–Crippen LogP) is 3.23. The van der Waals surface area contributed by atoms with Crippen LogP contribution in [0, 0.1) is 6.92 Å². The molecule has 5 heteroatoms. The molecule has 0 saturated carbocycles. The van der Waals surface area contributed by atoms with E-state index in [9.17, 15) is 4.79 Å². The van der Waals surface area contributed by atoms with Crippen LogP contribution in [-0.2, 0) is 11.2 Å². The van der Waals surface area contributed by atoms with Crippen LogP contribution in [0.15, 0.2) is 36.5 Å². The molecule has 0 fully saturated rings. The third-order valence-corrected chi connectivity index (χ3v) is 3.64. The number of benzene rings is 1. The van der Waals surface area contributed by atoms with Crippen molar-refractivity contribution in [2.75, 3.05) is 23.4 Å². The van der Waals surface area contributed by atoms with Gasteiger partial charge in [-0.25, -0.2) is 4.98 Å². The van der Waals surface area contributed by atoms with Gasteiger partial charge in [-0.15, -0.1) is 0 Å². The van der Waals surface area contributed by atoms with Crippen molar-refractivity contribution in [1.82, 2.24) is 4.98 Å². The summed E-state index contributed by atoms with van der Waals surface area (Å²) in [6.07, 6.45) is 5.79. The number of hydrogen-bond acceptors (Lipinski definition) is 4. The van der Waals surface area contributed by atoms with Crippen LogP contribution in [0.1, 0.15) is 23.6 Å². The Labute approximate surface area is 136 Å². The minimum absolute atomic E-state index is 0.228. The summed E-state index contributed by atoms with van der Waals surface area (Å²) >= 11 is 0. The molecule has 2 rings (SSSR count). The maximum atomic E-state index is 12.1. The standard InChI is InChI=1S/C18H22N4O/c1-4-13-11-16(15(19)10-12(13)2)22-17(23)8-7-14-6-5-9-21-18(14)20-3/h5-11H,4,19H2,1-3H3,(H,20,21)(H,22,23)/b8-7+. The highest BCUT2D eigenvalue weighted by Gasteiger charge is 2.06. The summed E-state index contributed by atoms with van der Waals surface area (Å²) in [6, 6.07) is 7.53. The van der Waals surface area contributed by atoms with Gasteiger partial charge in [0.1, 0.15) is 5.82 Å². The molecule has 1 aromatic heterocycles. The minimum atomic E-state index is -0.228. The van der Waals surface area contributed by atoms with Crippen molar-refractivity contribution >= 4 is 29.2 Å². The second-order valence-electron chi connectivity index (χ2n) is 5.23. The fourth-order valence-corrected chi connectivity index (χ4v) is 2.37. The summed E-state index contributed by atoms with van der Waals surface area (Å²) in [4.78, 5) is 16.3. The summed E-state index contributed by atoms with van der Waals surface area (Å²) in [6.45, 7) is 4.09. The highest BCUT2D eigenvalue weighted by atomic mass is 16.1. The van der Waals surface area contributed by atoms with Gasteiger partial charge in [-0.05, 0) is 54.8 Å². The van der Waals surface area contributed by atoms with Crippen LogP contribution in [0.5, 0.6) is 0 Å². The van der Waals surface area contributed by atoms with E-state index >= 15 is 0 Å². The third kappa shape index (κ3) is 4.10. The first-order chi connectivity index (χ1) is 11.0. The lowest BCUT2D eigenvalue weighted by Gasteiger charge is -2.11. The normalized spacial score (nSPS) is 10.7. The van der Waals surface area contributed by atoms with Crippen LogP contribution in [0.4, 0.5) is 17.2 Å². The Morgan fingerprint density at radius 1 is 1.39 bits per heavy atom. The van der Waals surface area contributed by atoms with E-state index in [0.717, 1.165) is 23.4 Å². The van der Waals surface area contributed by atoms with E-state index in [4.69, 9.17) is 5.73 Å². The number of amides is 1. The first-order valence-electron chi connectivity index (χ1n) is 7.56. The summed E-state index contributed by atoms with van der Waals surface area (Å²) < 4.78 is 0. The number of carbonyl (C=O) groups excluding carboxylic acids is 1. The summed E-state index contributed by atoms with van der Waals surface area (Å²) in [7, 11) is 1.79. The van der Waals surface area contributed by atoms with Crippen molar-refractivity contribution in [3.05, 3.63) is 53.2 Å². The molecular formula is C18H22N4O. The number of nitrogens with zero attached hydrogens (tertiary/aromatic N) is 1. The lowest BCUT2D eigenvalue weighted by Crippen LogP contribution is -2.10. The van der Waals surface area contributed by atoms with Crippen molar-refractivity contribution in [2.45, 2.75) is 20.3 Å². The molecule has 120 valence electrons. The van der Waals surface area contributed by atoms with Crippen molar-refractivity contribution in [1.29, 1.82) is 0 Å². The van der Waals surface area contributed by atoms with Crippen LogP contribution in [-0.4, -0.2) is 17.9 Å². The lowest BCUT2D eigenvalue weighted by molar-refractivity contribution is -0.111. The highest BCUT2D eigenvalue weighted by Crippen LogP contribution is 2.24. The Morgan fingerprint density at radius 3 is 2.87 bits per heavy atom. The quantitative estimate of drug-likeness (QED) is 0.585. The number of aryl methyl sites for hydroxylation is 2. The first kappa shape index (κ1) is 16.5. The molecule has 0 unspecified atom stereocenters. The third-order valence-electron chi connectivity index (χ3n) is 3.64. The molecule has 0 saturated heterocycles. The Kier molecular flexibility index (Phi) is 5.36. The predicted molar refractivity (Wildman–Crippen MR) is 96.4 cm³/mol. The summed E-state index contributed by atoms with van der Waals surface area (Å²) in [5.41, 5.74) is 10.3. The molecule has 0 bridgehead atoms. The molecule has 2 aromatic rings. The van der Waals surface area contributed by atoms with E-state index < -0.39 is 0 Å². The van der Waals surface area contributed by atoms with Gasteiger partial charge in [0.05, 0.1) is 11.4 Å². The molecule has 23 heavy (non-hydrogen) atoms. The number of pyridine rings is 1. The fourth-order valence-electron chi connectivity index (χ4n) is 2.37. The Balaban J connectivity index is 2.15. The number of nitrogens with one attached hydrogen (secondary N) is 2. The molecule has 0 radical (unpaired) electrons. The van der Waals surface area contributed by atoms with Crippen molar-refractivity contribution in [2.24, 2.45) is 0 Å². The fraction of sp³-hybridized carbons (Fsp3) is 0.222. The minimum Gasteiger partial charge on any atom is -0.397 e. The van der Waals surface area contributed by atoms with Gasteiger partial charge in [0.25, 0.3) is 0 Å². The molecule has 0 aliphatic carbocycles. The molecule has 0 spiro atoms. The SMILES string of the molecule is CCc1cc(NC(=O)/C=C/c2cccnc2NC)c(N)cc1C. The zero-order valence-electron chi connectivity index (χ0n) is 13.7. The maximum Gasteiger partial charge on any atom is 0.248 e. The van der Waals surface area contributed by atoms with E-state index in [2.05, 4.69) is 22.5 Å². The molecule has 0 atom stereocenters. The first-order valence-corrected chi connectivity index (χ1v) is 7.56. The van der Waals surface area contributed by atoms with E-state index in [-0.39, 0.29) is 5.91 Å². The summed E-state index contributed by atoms with van der Waals surface area (Å²) in [5.74, 6) is 0.494. The van der Waals surface area contributed by atoms with Gasteiger partial charge in [0.15, 0.2) is 0 Å². The molecule has 1 heterocycles. The van der Waals surface area contributed by atoms with Crippen molar-refractivity contribution in [3.63, 3.8) is 0 Å². The van der Waals surface area contributed by atoms with Crippen LogP contribution in [0.3, 0.4) is 0 Å². The molecule has 1 aromatic carbocycles. The monoisotopic (exact) mass is 310 g/mol. The Morgan fingerprint density at radius 2 is 2.17 bits per heavy atom. The Hall–Kier alpha value is -2.82. The smallest absolute Gasteiger partial charge is 0.248 e.